The van der Waals surface area contributed by atoms with Crippen LogP contribution in [0.2, 0.25) is 0 Å². The molecule has 12 nitrogen and oxygen atoms in total. The lowest BCUT2D eigenvalue weighted by atomic mass is 9.94. The summed E-state index contributed by atoms with van der Waals surface area (Å²) in [5, 5.41) is 12.6. The number of amides is 6. The van der Waals surface area contributed by atoms with Crippen LogP contribution in [0.4, 0.5) is 0 Å². The van der Waals surface area contributed by atoms with E-state index in [1.54, 1.807) is 34.1 Å². The van der Waals surface area contributed by atoms with E-state index in [4.69, 9.17) is 0 Å². The largest absolute Gasteiger partial charge is 0.355 e. The molecule has 10 atom stereocenters. The first kappa shape index (κ1) is 43.8. The average Bonchev–Trinajstić information content (AvgIpc) is 4.34. The van der Waals surface area contributed by atoms with Crippen molar-refractivity contribution in [3.8, 4) is 0 Å². The highest BCUT2D eigenvalue weighted by molar-refractivity contribution is 6.00. The van der Waals surface area contributed by atoms with Crippen LogP contribution in [-0.4, -0.2) is 96.1 Å². The molecule has 10 rings (SSSR count). The molecule has 4 N–H and O–H groups in total. The highest BCUT2D eigenvalue weighted by atomic mass is 16.2. The van der Waals surface area contributed by atoms with Gasteiger partial charge >= 0.3 is 0 Å². The van der Waals surface area contributed by atoms with Gasteiger partial charge in [-0.1, -0.05) is 121 Å². The zero-order valence-electron chi connectivity index (χ0n) is 37.3. The first-order valence-corrected chi connectivity index (χ1v) is 23.7. The second kappa shape index (κ2) is 19.0. The van der Waals surface area contributed by atoms with Gasteiger partial charge < -0.3 is 31.1 Å². The summed E-state index contributed by atoms with van der Waals surface area (Å²) in [6, 6.07) is 46.2. The van der Waals surface area contributed by atoms with Gasteiger partial charge in [-0.3, -0.25) is 28.8 Å². The van der Waals surface area contributed by atoms with E-state index in [2.05, 4.69) is 57.7 Å². The van der Waals surface area contributed by atoms with E-state index in [-0.39, 0.29) is 97.5 Å². The van der Waals surface area contributed by atoms with Crippen LogP contribution in [0.1, 0.15) is 80.0 Å². The Bertz CT molecular complexity index is 2540. The van der Waals surface area contributed by atoms with E-state index in [1.807, 2.05) is 84.9 Å². The monoisotopic (exact) mass is 896 g/mol. The lowest BCUT2D eigenvalue weighted by molar-refractivity contribution is -0.133. The number of likely N-dealkylation sites (tertiary alicyclic amines) is 2. The van der Waals surface area contributed by atoms with Crippen molar-refractivity contribution >= 4 is 35.4 Å². The second-order valence-corrected chi connectivity index (χ2v) is 19.1. The first-order chi connectivity index (χ1) is 32.7. The summed E-state index contributed by atoms with van der Waals surface area (Å²) in [6.45, 7) is 0.706. The fourth-order valence-electron chi connectivity index (χ4n) is 10.4. The topological polar surface area (TPSA) is 157 Å². The van der Waals surface area contributed by atoms with Gasteiger partial charge in [-0.25, -0.2) is 0 Å². The van der Waals surface area contributed by atoms with Crippen molar-refractivity contribution in [2.75, 3.05) is 32.7 Å². The number of hydrogen-bond acceptors (Lipinski definition) is 6. The van der Waals surface area contributed by atoms with Crippen LogP contribution < -0.4 is 21.3 Å². The minimum absolute atomic E-state index is 0.0332. The van der Waals surface area contributed by atoms with Crippen molar-refractivity contribution < 1.29 is 28.8 Å². The van der Waals surface area contributed by atoms with Gasteiger partial charge in [-0.05, 0) is 72.2 Å². The zero-order chi connectivity index (χ0) is 46.0. The van der Waals surface area contributed by atoms with Gasteiger partial charge in [-0.2, -0.15) is 0 Å². The van der Waals surface area contributed by atoms with Gasteiger partial charge in [0.05, 0.1) is 23.7 Å². The molecule has 3 saturated carbocycles. The molecule has 6 amide bonds. The predicted octanol–water partition coefficient (Wildman–Crippen LogP) is 5.44. The molecule has 2 aliphatic heterocycles. The van der Waals surface area contributed by atoms with E-state index < -0.39 is 23.7 Å². The maximum atomic E-state index is 14.2. The third-order valence-corrected chi connectivity index (χ3v) is 14.5. The maximum absolute atomic E-state index is 14.2. The lowest BCUT2D eigenvalue weighted by Crippen LogP contribution is -2.43. The Morgan fingerprint density at radius 3 is 1.06 bits per heavy atom. The standard InChI is InChI=1S/C55H56N6O6/c62-50(56-26-25-34-13-5-1-6-14-34)43-30-60(31-44(43)51(63)57-47-27-40(47)35-15-7-2-8-16-35)54(66)38-21-23-39(24-22-38)55(67)61-32-45(52(64)58-48-28-41(48)36-17-9-3-10-18-36)46(33-61)53(65)59-49-29-42(49)37-19-11-4-12-20-37/h1-24,40-49H,25-33H2,(H,56,62)(H,57,63)(H,58,64)(H,59,65)/t40-,41-,42-,43-,44-,45-,46-,47+,48+,49+/m1/s1. The number of rotatable bonds is 15. The Balaban J connectivity index is 0.798. The molecular weight excluding hydrogens is 841 g/mol. The fraction of sp³-hybridized carbons (Fsp3) is 0.345. The van der Waals surface area contributed by atoms with Crippen LogP contribution in [0.25, 0.3) is 0 Å². The predicted molar refractivity (Wildman–Crippen MR) is 253 cm³/mol. The molecule has 5 aromatic rings. The Kier molecular flexibility index (Phi) is 12.4. The summed E-state index contributed by atoms with van der Waals surface area (Å²) in [6.07, 6.45) is 3.08. The zero-order valence-corrected chi connectivity index (χ0v) is 37.3. The third kappa shape index (κ3) is 9.89. The molecule has 5 aliphatic rings. The van der Waals surface area contributed by atoms with Crippen LogP contribution in [0.5, 0.6) is 0 Å². The molecule has 342 valence electrons. The number of nitrogens with one attached hydrogen (secondary N) is 4. The summed E-state index contributed by atoms with van der Waals surface area (Å²) in [5.74, 6) is -3.98. The van der Waals surface area contributed by atoms with E-state index in [1.165, 1.54) is 0 Å². The molecule has 5 aromatic carbocycles. The van der Waals surface area contributed by atoms with Crippen molar-refractivity contribution in [2.24, 2.45) is 23.7 Å². The van der Waals surface area contributed by atoms with Crippen LogP contribution in [-0.2, 0) is 25.6 Å². The molecule has 0 spiro atoms. The van der Waals surface area contributed by atoms with Crippen molar-refractivity contribution in [3.05, 3.63) is 179 Å². The number of carbonyl (C=O) groups excluding carboxylic acids is 6. The summed E-state index contributed by atoms with van der Waals surface area (Å²) in [5.41, 5.74) is 5.20. The van der Waals surface area contributed by atoms with Crippen LogP contribution >= 0.6 is 0 Å². The van der Waals surface area contributed by atoms with E-state index in [9.17, 15) is 28.8 Å². The van der Waals surface area contributed by atoms with Crippen LogP contribution in [0, 0.1) is 23.7 Å². The summed E-state index contributed by atoms with van der Waals surface area (Å²) in [7, 11) is 0. The molecule has 2 heterocycles. The highest BCUT2D eigenvalue weighted by Crippen LogP contribution is 2.43. The summed E-state index contributed by atoms with van der Waals surface area (Å²) >= 11 is 0. The third-order valence-electron chi connectivity index (χ3n) is 14.5. The number of benzene rings is 5. The van der Waals surface area contributed by atoms with Crippen LogP contribution in [0.15, 0.2) is 146 Å². The molecule has 0 radical (unpaired) electrons. The Labute approximate surface area is 390 Å². The Hall–Kier alpha value is -7.08. The van der Waals surface area contributed by atoms with Gasteiger partial charge in [-0.15, -0.1) is 0 Å². The molecule has 5 fully saturated rings. The normalized spacial score (nSPS) is 26.8. The van der Waals surface area contributed by atoms with E-state index in [0.717, 1.165) is 41.5 Å². The van der Waals surface area contributed by atoms with Gasteiger partial charge in [0.2, 0.25) is 23.6 Å². The van der Waals surface area contributed by atoms with E-state index >= 15 is 0 Å². The quantitative estimate of drug-likeness (QED) is 0.110. The lowest BCUT2D eigenvalue weighted by Gasteiger charge is -2.18. The van der Waals surface area contributed by atoms with Crippen molar-refractivity contribution in [3.63, 3.8) is 0 Å². The smallest absolute Gasteiger partial charge is 0.253 e. The first-order valence-electron chi connectivity index (χ1n) is 23.7. The molecule has 12 heteroatoms. The van der Waals surface area contributed by atoms with Gasteiger partial charge in [0.25, 0.3) is 11.8 Å². The molecular formula is C55H56N6O6. The van der Waals surface area contributed by atoms with Gasteiger partial charge in [0.15, 0.2) is 0 Å². The SMILES string of the molecule is O=C(NCCc1ccccc1)[C@@H]1CN(C(=O)c2ccc(C(=O)N3C[C@@H](C(=O)N[C@H]4C[C@@H]4c4ccccc4)[C@H](C(=O)N[C@H]4C[C@@H]4c4ccccc4)C3)cc2)C[C@H]1C(=O)N[C@H]1C[C@@H]1c1ccccc1. The molecule has 0 unspecified atom stereocenters. The molecule has 0 aromatic heterocycles. The summed E-state index contributed by atoms with van der Waals surface area (Å²) < 4.78 is 0. The minimum atomic E-state index is -0.742. The highest BCUT2D eigenvalue weighted by Gasteiger charge is 2.50. The van der Waals surface area contributed by atoms with Crippen molar-refractivity contribution in [1.29, 1.82) is 0 Å². The van der Waals surface area contributed by atoms with Gasteiger partial charge in [0.1, 0.15) is 0 Å². The minimum Gasteiger partial charge on any atom is -0.355 e. The molecule has 2 saturated heterocycles. The molecule has 0 bridgehead atoms. The Morgan fingerprint density at radius 1 is 0.403 bits per heavy atom. The second-order valence-electron chi connectivity index (χ2n) is 19.1. The Morgan fingerprint density at radius 2 is 0.716 bits per heavy atom. The van der Waals surface area contributed by atoms with Crippen LogP contribution in [0.3, 0.4) is 0 Å². The number of carbonyl (C=O) groups is 6. The molecule has 3 aliphatic carbocycles. The average molecular weight is 897 g/mol. The van der Waals surface area contributed by atoms with E-state index in [0.29, 0.717) is 24.1 Å². The number of nitrogens with zero attached hydrogens (tertiary/aromatic N) is 2. The fourth-order valence-corrected chi connectivity index (χ4v) is 10.4. The molecule has 67 heavy (non-hydrogen) atoms. The van der Waals surface area contributed by atoms with Crippen molar-refractivity contribution in [1.82, 2.24) is 31.1 Å². The van der Waals surface area contributed by atoms with Crippen molar-refractivity contribution in [2.45, 2.75) is 61.6 Å². The van der Waals surface area contributed by atoms with Gasteiger partial charge in [0, 0.05) is 79.7 Å². The maximum Gasteiger partial charge on any atom is 0.253 e. The number of hydrogen-bond donors (Lipinski definition) is 4. The summed E-state index contributed by atoms with van der Waals surface area (Å²) in [4.78, 5) is 87.0.